The second-order valence-corrected chi connectivity index (χ2v) is 6.70. The quantitative estimate of drug-likeness (QED) is 0.888. The number of hydrogen-bond acceptors (Lipinski definition) is 5. The van der Waals surface area contributed by atoms with Gasteiger partial charge in [-0.3, -0.25) is 14.6 Å². The summed E-state index contributed by atoms with van der Waals surface area (Å²) in [6.07, 6.45) is 6.47. The lowest BCUT2D eigenvalue weighted by atomic mass is 10.1. The summed E-state index contributed by atoms with van der Waals surface area (Å²) in [7, 11) is 0. The molecule has 2 fully saturated rings. The first-order valence-corrected chi connectivity index (χ1v) is 8.62. The molecule has 6 nitrogen and oxygen atoms in total. The largest absolute Gasteiger partial charge is 0.472 e. The van der Waals surface area contributed by atoms with E-state index in [1.54, 1.807) is 12.5 Å². The van der Waals surface area contributed by atoms with Gasteiger partial charge in [-0.1, -0.05) is 0 Å². The third-order valence-electron chi connectivity index (χ3n) is 4.72. The fraction of sp³-hybridized carbons (Fsp3) is 0.706. The Labute approximate surface area is 137 Å². The van der Waals surface area contributed by atoms with E-state index in [-0.39, 0.29) is 5.91 Å². The van der Waals surface area contributed by atoms with E-state index in [1.165, 1.54) is 6.42 Å². The predicted octanol–water partition coefficient (Wildman–Crippen LogP) is 0.771. The molecule has 0 bridgehead atoms. The molecule has 3 rings (SSSR count). The Kier molecular flexibility index (Phi) is 5.70. The molecule has 3 heterocycles. The third kappa shape index (κ3) is 4.80. The van der Waals surface area contributed by atoms with Crippen LogP contribution in [0.25, 0.3) is 0 Å². The van der Waals surface area contributed by atoms with Gasteiger partial charge in [-0.05, 0) is 25.3 Å². The molecule has 1 aromatic rings. The summed E-state index contributed by atoms with van der Waals surface area (Å²) in [5.41, 5.74) is 1.12. The van der Waals surface area contributed by atoms with Gasteiger partial charge in [0.2, 0.25) is 5.91 Å². The van der Waals surface area contributed by atoms with Crippen LogP contribution in [0.2, 0.25) is 0 Å². The fourth-order valence-electron chi connectivity index (χ4n) is 3.48. The van der Waals surface area contributed by atoms with Crippen LogP contribution in [0.1, 0.15) is 24.8 Å². The van der Waals surface area contributed by atoms with Crippen LogP contribution in [0, 0.1) is 0 Å². The number of hydrogen-bond donors (Lipinski definition) is 1. The summed E-state index contributed by atoms with van der Waals surface area (Å²) in [4.78, 5) is 18.7. The lowest BCUT2D eigenvalue weighted by molar-refractivity contribution is -0.133. The Balaban J connectivity index is 1.50. The average Bonchev–Trinajstić information content (AvgIpc) is 2.99. The normalized spacial score (nSPS) is 24.6. The summed E-state index contributed by atoms with van der Waals surface area (Å²) >= 11 is 0. The first-order valence-electron chi connectivity index (χ1n) is 8.62. The molecule has 2 saturated heterocycles. The maximum Gasteiger partial charge on any atom is 0.236 e. The number of piperidine rings is 1. The molecule has 0 spiro atoms. The summed E-state index contributed by atoms with van der Waals surface area (Å²) in [5, 5.41) is 10.3. The monoisotopic (exact) mass is 321 g/mol. The minimum absolute atomic E-state index is 0.209. The summed E-state index contributed by atoms with van der Waals surface area (Å²) in [6.45, 7) is 5.87. The zero-order valence-electron chi connectivity index (χ0n) is 13.7. The maximum absolute atomic E-state index is 12.4. The van der Waals surface area contributed by atoms with Gasteiger partial charge in [-0.2, -0.15) is 0 Å². The number of furan rings is 1. The summed E-state index contributed by atoms with van der Waals surface area (Å²) in [6, 6.07) is 1.95. The standard InChI is InChI=1S/C17H27N3O3/c21-16-11-18(10-15-4-9-23-14-15)7-8-19(12-16)13-17(22)20-5-2-1-3-6-20/h4,9,14,16,21H,1-3,5-8,10-13H2. The van der Waals surface area contributed by atoms with E-state index in [4.69, 9.17) is 4.42 Å². The van der Waals surface area contributed by atoms with Gasteiger partial charge < -0.3 is 14.4 Å². The van der Waals surface area contributed by atoms with Crippen LogP contribution in [0.15, 0.2) is 23.0 Å². The molecule has 2 aliphatic rings. The van der Waals surface area contributed by atoms with Gasteiger partial charge in [-0.25, -0.2) is 0 Å². The number of carbonyl (C=O) groups is 1. The number of rotatable bonds is 4. The molecule has 0 saturated carbocycles. The molecule has 128 valence electrons. The smallest absolute Gasteiger partial charge is 0.236 e. The van der Waals surface area contributed by atoms with Crippen LogP contribution < -0.4 is 0 Å². The molecular formula is C17H27N3O3. The topological polar surface area (TPSA) is 60.2 Å². The van der Waals surface area contributed by atoms with E-state index in [0.717, 1.165) is 51.1 Å². The zero-order chi connectivity index (χ0) is 16.1. The maximum atomic E-state index is 12.4. The van der Waals surface area contributed by atoms with Gasteiger partial charge in [0.05, 0.1) is 25.2 Å². The predicted molar refractivity (Wildman–Crippen MR) is 86.9 cm³/mol. The summed E-state index contributed by atoms with van der Waals surface area (Å²) in [5.74, 6) is 0.209. The van der Waals surface area contributed by atoms with E-state index in [9.17, 15) is 9.90 Å². The number of carbonyl (C=O) groups excluding carboxylic acids is 1. The molecule has 23 heavy (non-hydrogen) atoms. The van der Waals surface area contributed by atoms with E-state index in [1.807, 2.05) is 11.0 Å². The Hall–Kier alpha value is -1.37. The van der Waals surface area contributed by atoms with Crippen LogP contribution in [0.4, 0.5) is 0 Å². The Morgan fingerprint density at radius 1 is 1.13 bits per heavy atom. The van der Waals surface area contributed by atoms with Crippen molar-refractivity contribution in [2.24, 2.45) is 0 Å². The van der Waals surface area contributed by atoms with Crippen molar-refractivity contribution in [2.75, 3.05) is 45.8 Å². The average molecular weight is 321 g/mol. The van der Waals surface area contributed by atoms with Crippen molar-refractivity contribution >= 4 is 5.91 Å². The first-order chi connectivity index (χ1) is 11.2. The Morgan fingerprint density at radius 2 is 1.87 bits per heavy atom. The van der Waals surface area contributed by atoms with Crippen molar-refractivity contribution in [1.82, 2.24) is 14.7 Å². The molecule has 1 atom stereocenters. The molecule has 1 amide bonds. The van der Waals surface area contributed by atoms with Gasteiger partial charge >= 0.3 is 0 Å². The Morgan fingerprint density at radius 3 is 2.61 bits per heavy atom. The van der Waals surface area contributed by atoms with Gasteiger partial charge in [0, 0.05) is 51.4 Å². The van der Waals surface area contributed by atoms with Crippen LogP contribution in [-0.2, 0) is 11.3 Å². The number of β-amino-alcohol motifs (C(OH)–C–C–N with tert-alkyl or cyclic N) is 1. The number of nitrogens with zero attached hydrogens (tertiary/aromatic N) is 3. The fourth-order valence-corrected chi connectivity index (χ4v) is 3.48. The number of aliphatic hydroxyl groups is 1. The SMILES string of the molecule is O=C(CN1CCN(Cc2ccoc2)CC(O)C1)N1CCCCC1. The number of amides is 1. The van der Waals surface area contributed by atoms with Crippen molar-refractivity contribution in [2.45, 2.75) is 31.9 Å². The molecular weight excluding hydrogens is 294 g/mol. The lowest BCUT2D eigenvalue weighted by Gasteiger charge is -2.29. The van der Waals surface area contributed by atoms with Crippen LogP contribution in [-0.4, -0.2) is 77.6 Å². The van der Waals surface area contributed by atoms with Crippen LogP contribution >= 0.6 is 0 Å². The van der Waals surface area contributed by atoms with Crippen molar-refractivity contribution in [3.8, 4) is 0 Å². The highest BCUT2D eigenvalue weighted by molar-refractivity contribution is 5.78. The molecule has 1 N–H and O–H groups in total. The van der Waals surface area contributed by atoms with Crippen LogP contribution in [0.3, 0.4) is 0 Å². The van der Waals surface area contributed by atoms with Gasteiger partial charge in [-0.15, -0.1) is 0 Å². The first kappa shape index (κ1) is 16.5. The highest BCUT2D eigenvalue weighted by Crippen LogP contribution is 2.12. The van der Waals surface area contributed by atoms with Gasteiger partial charge in [0.15, 0.2) is 0 Å². The highest BCUT2D eigenvalue weighted by atomic mass is 16.3. The van der Waals surface area contributed by atoms with E-state index >= 15 is 0 Å². The molecule has 0 aliphatic carbocycles. The Bertz CT molecular complexity index is 485. The van der Waals surface area contributed by atoms with E-state index in [2.05, 4.69) is 9.80 Å². The van der Waals surface area contributed by atoms with E-state index < -0.39 is 6.10 Å². The molecule has 2 aliphatic heterocycles. The minimum Gasteiger partial charge on any atom is -0.472 e. The molecule has 1 unspecified atom stereocenters. The third-order valence-corrected chi connectivity index (χ3v) is 4.72. The molecule has 0 radical (unpaired) electrons. The zero-order valence-corrected chi connectivity index (χ0v) is 13.7. The van der Waals surface area contributed by atoms with Crippen molar-refractivity contribution in [3.63, 3.8) is 0 Å². The minimum atomic E-state index is -0.418. The molecule has 1 aromatic heterocycles. The van der Waals surface area contributed by atoms with Crippen molar-refractivity contribution in [3.05, 3.63) is 24.2 Å². The second-order valence-electron chi connectivity index (χ2n) is 6.70. The molecule has 0 aromatic carbocycles. The highest BCUT2D eigenvalue weighted by Gasteiger charge is 2.25. The van der Waals surface area contributed by atoms with Crippen LogP contribution in [0.5, 0.6) is 0 Å². The number of likely N-dealkylation sites (tertiary alicyclic amines) is 1. The van der Waals surface area contributed by atoms with Gasteiger partial charge in [0.25, 0.3) is 0 Å². The van der Waals surface area contributed by atoms with E-state index in [0.29, 0.717) is 19.6 Å². The van der Waals surface area contributed by atoms with Gasteiger partial charge in [0.1, 0.15) is 0 Å². The second kappa shape index (κ2) is 7.95. The summed E-state index contributed by atoms with van der Waals surface area (Å²) < 4.78 is 5.11. The molecule has 6 heteroatoms. The number of aliphatic hydroxyl groups excluding tert-OH is 1. The lowest BCUT2D eigenvalue weighted by Crippen LogP contribution is -2.44. The van der Waals surface area contributed by atoms with Crippen molar-refractivity contribution < 1.29 is 14.3 Å². The van der Waals surface area contributed by atoms with Crippen molar-refractivity contribution in [1.29, 1.82) is 0 Å².